The summed E-state index contributed by atoms with van der Waals surface area (Å²) in [5.74, 6) is 0.249. The molecule has 1 aromatic heterocycles. The number of rotatable bonds is 1. The molecule has 0 saturated carbocycles. The first-order valence-electron chi connectivity index (χ1n) is 4.90. The van der Waals surface area contributed by atoms with Crippen LogP contribution in [-0.2, 0) is 0 Å². The lowest BCUT2D eigenvalue weighted by atomic mass is 10.1. The van der Waals surface area contributed by atoms with E-state index in [4.69, 9.17) is 16.6 Å². The fourth-order valence-corrected chi connectivity index (χ4v) is 1.48. The van der Waals surface area contributed by atoms with Crippen molar-refractivity contribution in [1.82, 2.24) is 9.88 Å². The molecule has 0 aliphatic carbocycles. The molecule has 1 unspecified atom stereocenters. The van der Waals surface area contributed by atoms with Crippen molar-refractivity contribution in [1.29, 1.82) is 10.8 Å². The first-order chi connectivity index (χ1) is 7.68. The van der Waals surface area contributed by atoms with E-state index in [2.05, 4.69) is 5.32 Å². The number of hydrogen-bond acceptors (Lipinski definition) is 4. The highest BCUT2D eigenvalue weighted by atomic mass is 15.0. The molecule has 0 fully saturated rings. The lowest BCUT2D eigenvalue weighted by Gasteiger charge is -2.16. The van der Waals surface area contributed by atoms with E-state index in [0.717, 1.165) is 0 Å². The number of dihydropyridines is 1. The summed E-state index contributed by atoms with van der Waals surface area (Å²) in [7, 11) is 0. The Morgan fingerprint density at radius 3 is 2.94 bits per heavy atom. The van der Waals surface area contributed by atoms with Gasteiger partial charge in [-0.15, -0.1) is 0 Å². The molecule has 0 amide bonds. The highest BCUT2D eigenvalue weighted by molar-refractivity contribution is 6.00. The minimum Gasteiger partial charge on any atom is -0.373 e. The third-order valence-corrected chi connectivity index (χ3v) is 2.28. The molecule has 0 bridgehead atoms. The molecule has 1 aliphatic heterocycles. The zero-order valence-electron chi connectivity index (χ0n) is 8.64. The number of hydrogen-bond donors (Lipinski definition) is 4. The van der Waals surface area contributed by atoms with E-state index in [-0.39, 0.29) is 17.5 Å². The third kappa shape index (κ3) is 1.94. The molecule has 5 N–H and O–H groups in total. The van der Waals surface area contributed by atoms with Gasteiger partial charge in [0.2, 0.25) is 0 Å². The van der Waals surface area contributed by atoms with E-state index in [1.807, 2.05) is 0 Å². The molecule has 0 saturated heterocycles. The summed E-state index contributed by atoms with van der Waals surface area (Å²) in [4.78, 5) is 0. The molecule has 0 spiro atoms. The van der Waals surface area contributed by atoms with Gasteiger partial charge in [0, 0.05) is 11.8 Å². The van der Waals surface area contributed by atoms with Crippen LogP contribution < -0.4 is 16.5 Å². The second kappa shape index (κ2) is 4.16. The molecule has 2 rings (SSSR count). The second-order valence-electron chi connectivity index (χ2n) is 3.45. The molecule has 2 heterocycles. The van der Waals surface area contributed by atoms with E-state index >= 15 is 0 Å². The largest absolute Gasteiger partial charge is 0.373 e. The molecule has 1 aromatic rings. The van der Waals surface area contributed by atoms with Crippen molar-refractivity contribution >= 4 is 5.84 Å². The van der Waals surface area contributed by atoms with Crippen molar-refractivity contribution in [2.75, 3.05) is 0 Å². The first kappa shape index (κ1) is 10.4. The Labute approximate surface area is 92.9 Å². The van der Waals surface area contributed by atoms with Crippen LogP contribution in [-0.4, -0.2) is 16.6 Å². The van der Waals surface area contributed by atoms with Gasteiger partial charge >= 0.3 is 0 Å². The van der Waals surface area contributed by atoms with Crippen LogP contribution in [0.1, 0.15) is 0 Å². The Balaban J connectivity index is 2.37. The van der Waals surface area contributed by atoms with Crippen LogP contribution in [0.5, 0.6) is 0 Å². The number of pyridine rings is 1. The minimum atomic E-state index is -0.279. The topological polar surface area (TPSA) is 90.7 Å². The quantitative estimate of drug-likeness (QED) is 0.396. The number of nitrogens with two attached hydrogens (primary N) is 1. The van der Waals surface area contributed by atoms with Gasteiger partial charge in [0.05, 0.1) is 6.17 Å². The molecule has 5 heteroatoms. The van der Waals surface area contributed by atoms with Gasteiger partial charge < -0.3 is 11.1 Å². The van der Waals surface area contributed by atoms with Gasteiger partial charge in [-0.3, -0.25) is 15.4 Å². The van der Waals surface area contributed by atoms with Gasteiger partial charge in [-0.1, -0.05) is 6.07 Å². The third-order valence-electron chi connectivity index (χ3n) is 2.28. The number of nitrogens with zero attached hydrogens (tertiary/aromatic N) is 1. The summed E-state index contributed by atoms with van der Waals surface area (Å²) in [6.45, 7) is 0. The van der Waals surface area contributed by atoms with Crippen LogP contribution in [0.3, 0.4) is 0 Å². The molecule has 16 heavy (non-hydrogen) atoms. The lowest BCUT2D eigenvalue weighted by Crippen LogP contribution is -2.36. The highest BCUT2D eigenvalue weighted by Crippen LogP contribution is 2.04. The molecule has 0 radical (unpaired) electrons. The summed E-state index contributed by atoms with van der Waals surface area (Å²) in [6.07, 6.45) is 6.64. The first-order valence-corrected chi connectivity index (χ1v) is 4.90. The molecule has 0 aromatic carbocycles. The normalized spacial score (nSPS) is 18.8. The average molecular weight is 215 g/mol. The van der Waals surface area contributed by atoms with E-state index in [9.17, 15) is 0 Å². The number of nitrogens with one attached hydrogen (secondary N) is 3. The van der Waals surface area contributed by atoms with Gasteiger partial charge in [-0.05, 0) is 30.5 Å². The molecule has 1 aliphatic rings. The van der Waals surface area contributed by atoms with Crippen LogP contribution in [0.2, 0.25) is 0 Å². The van der Waals surface area contributed by atoms with Gasteiger partial charge in [0.25, 0.3) is 0 Å². The number of aromatic nitrogens is 1. The lowest BCUT2D eigenvalue weighted by molar-refractivity contribution is 0.723. The zero-order valence-corrected chi connectivity index (χ0v) is 8.64. The SMILES string of the molecule is N=C(C1=CC(N)NC=C1)n1ccccc1=N. The van der Waals surface area contributed by atoms with Crippen molar-refractivity contribution < 1.29 is 0 Å². The minimum absolute atomic E-state index is 0.249. The van der Waals surface area contributed by atoms with Crippen LogP contribution in [0.25, 0.3) is 0 Å². The van der Waals surface area contributed by atoms with Crippen molar-refractivity contribution in [2.24, 2.45) is 5.73 Å². The van der Waals surface area contributed by atoms with Crippen LogP contribution >= 0.6 is 0 Å². The fourth-order valence-electron chi connectivity index (χ4n) is 1.48. The van der Waals surface area contributed by atoms with Gasteiger partial charge in [-0.2, -0.15) is 0 Å². The Hall–Kier alpha value is -2.14. The molecule has 82 valence electrons. The number of allylic oxidation sites excluding steroid dienone is 2. The van der Waals surface area contributed by atoms with Gasteiger partial charge in [0.15, 0.2) is 0 Å². The second-order valence-corrected chi connectivity index (χ2v) is 3.45. The maximum absolute atomic E-state index is 8.00. The van der Waals surface area contributed by atoms with Gasteiger partial charge in [-0.25, -0.2) is 0 Å². The van der Waals surface area contributed by atoms with Crippen molar-refractivity contribution in [3.05, 3.63) is 53.8 Å². The van der Waals surface area contributed by atoms with Crippen molar-refractivity contribution in [3.8, 4) is 0 Å². The van der Waals surface area contributed by atoms with E-state index in [1.54, 1.807) is 42.7 Å². The summed E-state index contributed by atoms with van der Waals surface area (Å²) in [5.41, 5.74) is 6.66. The van der Waals surface area contributed by atoms with E-state index in [0.29, 0.717) is 5.57 Å². The summed E-state index contributed by atoms with van der Waals surface area (Å²) in [6, 6.07) is 5.20. The maximum Gasteiger partial charge on any atom is 0.137 e. The Morgan fingerprint density at radius 1 is 1.44 bits per heavy atom. The summed E-state index contributed by atoms with van der Waals surface area (Å²) >= 11 is 0. The standard InChI is InChI=1S/C11H13N5/c12-9-7-8(4-5-15-9)11(14)16-6-2-1-3-10(16)13/h1-7,9,13-15H,12H2. The Bertz CT molecular complexity index is 523. The van der Waals surface area contributed by atoms with Crippen molar-refractivity contribution in [2.45, 2.75) is 6.17 Å². The molecule has 5 nitrogen and oxygen atoms in total. The van der Waals surface area contributed by atoms with E-state index in [1.165, 1.54) is 4.57 Å². The zero-order chi connectivity index (χ0) is 11.5. The Morgan fingerprint density at radius 2 is 2.25 bits per heavy atom. The molecule has 1 atom stereocenters. The fraction of sp³-hybridized carbons (Fsp3) is 0.0909. The summed E-state index contributed by atoms with van der Waals surface area (Å²) < 4.78 is 1.49. The monoisotopic (exact) mass is 215 g/mol. The van der Waals surface area contributed by atoms with Crippen LogP contribution in [0, 0.1) is 10.8 Å². The summed E-state index contributed by atoms with van der Waals surface area (Å²) in [5, 5.41) is 18.6. The molecular weight excluding hydrogens is 202 g/mol. The van der Waals surface area contributed by atoms with Gasteiger partial charge in [0.1, 0.15) is 11.3 Å². The Kier molecular flexibility index (Phi) is 2.70. The van der Waals surface area contributed by atoms with Crippen molar-refractivity contribution in [3.63, 3.8) is 0 Å². The highest BCUT2D eigenvalue weighted by Gasteiger charge is 2.09. The van der Waals surface area contributed by atoms with Crippen LogP contribution in [0.4, 0.5) is 0 Å². The van der Waals surface area contributed by atoms with E-state index < -0.39 is 0 Å². The predicted octanol–water partition coefficient (Wildman–Crippen LogP) is 0.121. The predicted molar refractivity (Wildman–Crippen MR) is 61.7 cm³/mol. The smallest absolute Gasteiger partial charge is 0.137 e. The molecular formula is C11H13N5. The maximum atomic E-state index is 8.00. The average Bonchev–Trinajstić information content (AvgIpc) is 2.29. The van der Waals surface area contributed by atoms with Crippen LogP contribution in [0.15, 0.2) is 48.3 Å².